The third-order valence-corrected chi connectivity index (χ3v) is 4.71. The number of aryl methyl sites for hydroxylation is 2. The lowest BCUT2D eigenvalue weighted by atomic mass is 10.2. The molecular formula is C18H21N5O2S. The second kappa shape index (κ2) is 8.01. The van der Waals surface area contributed by atoms with Gasteiger partial charge >= 0.3 is 6.03 Å². The van der Waals surface area contributed by atoms with Gasteiger partial charge in [-0.05, 0) is 31.2 Å². The normalized spacial score (nSPS) is 10.6. The van der Waals surface area contributed by atoms with Gasteiger partial charge in [0.05, 0.1) is 23.5 Å². The highest BCUT2D eigenvalue weighted by Gasteiger charge is 2.08. The van der Waals surface area contributed by atoms with Gasteiger partial charge < -0.3 is 10.1 Å². The van der Waals surface area contributed by atoms with Crippen LogP contribution in [-0.2, 0) is 13.5 Å². The Hall–Kier alpha value is -2.87. The van der Waals surface area contributed by atoms with E-state index in [9.17, 15) is 4.79 Å². The summed E-state index contributed by atoms with van der Waals surface area (Å²) in [6.45, 7) is 2.39. The number of hydrogen-bond acceptors (Lipinski definition) is 5. The van der Waals surface area contributed by atoms with E-state index in [-0.39, 0.29) is 6.03 Å². The Labute approximate surface area is 156 Å². The lowest BCUT2D eigenvalue weighted by Crippen LogP contribution is -2.31. The largest absolute Gasteiger partial charge is 0.497 e. The molecule has 2 N–H and O–H groups in total. The van der Waals surface area contributed by atoms with Crippen molar-refractivity contribution in [2.24, 2.45) is 7.05 Å². The third-order valence-electron chi connectivity index (χ3n) is 3.81. The molecule has 0 saturated heterocycles. The summed E-state index contributed by atoms with van der Waals surface area (Å²) in [5.41, 5.74) is 2.84. The van der Waals surface area contributed by atoms with E-state index in [4.69, 9.17) is 4.74 Å². The van der Waals surface area contributed by atoms with Crippen molar-refractivity contribution in [1.29, 1.82) is 0 Å². The second-order valence-corrected chi connectivity index (χ2v) is 6.72. The second-order valence-electron chi connectivity index (χ2n) is 5.78. The monoisotopic (exact) mass is 371 g/mol. The first-order valence-electron chi connectivity index (χ1n) is 8.19. The summed E-state index contributed by atoms with van der Waals surface area (Å²) >= 11 is 1.59. The van der Waals surface area contributed by atoms with Crippen molar-refractivity contribution in [3.05, 3.63) is 46.4 Å². The number of ether oxygens (including phenoxy) is 1. The molecule has 0 atom stereocenters. The number of amides is 2. The molecule has 0 saturated carbocycles. The van der Waals surface area contributed by atoms with E-state index in [2.05, 4.69) is 20.7 Å². The van der Waals surface area contributed by atoms with Crippen LogP contribution in [0.1, 0.15) is 10.7 Å². The first-order chi connectivity index (χ1) is 12.5. The quantitative estimate of drug-likeness (QED) is 0.697. The number of carbonyl (C=O) groups excluding carboxylic acids is 1. The average Bonchev–Trinajstić information content (AvgIpc) is 3.21. The zero-order valence-electron chi connectivity index (χ0n) is 14.9. The van der Waals surface area contributed by atoms with Crippen LogP contribution < -0.4 is 15.4 Å². The third kappa shape index (κ3) is 4.40. The number of hydrogen-bond donors (Lipinski definition) is 2. The standard InChI is InChI=1S/C18H21N5O2S/c1-12-10-16(23(2)22-12)21-18(24)19-9-8-17-20-15(11-26-17)13-4-6-14(25-3)7-5-13/h4-7,10-11H,8-9H2,1-3H3,(H2,19,21,24). The molecule has 0 fully saturated rings. The van der Waals surface area contributed by atoms with Crippen LogP contribution in [0.15, 0.2) is 35.7 Å². The SMILES string of the molecule is COc1ccc(-c2csc(CCNC(=O)Nc3cc(C)nn3C)n2)cc1. The van der Waals surface area contributed by atoms with Crippen molar-refractivity contribution >= 4 is 23.2 Å². The van der Waals surface area contributed by atoms with E-state index >= 15 is 0 Å². The smallest absolute Gasteiger partial charge is 0.320 e. The van der Waals surface area contributed by atoms with Gasteiger partial charge in [-0.15, -0.1) is 11.3 Å². The molecule has 3 aromatic rings. The van der Waals surface area contributed by atoms with Gasteiger partial charge in [0.25, 0.3) is 0 Å². The molecular weight excluding hydrogens is 350 g/mol. The molecule has 0 aliphatic carbocycles. The van der Waals surface area contributed by atoms with Crippen LogP contribution in [0.5, 0.6) is 5.75 Å². The summed E-state index contributed by atoms with van der Waals surface area (Å²) in [6.07, 6.45) is 0.679. The number of rotatable bonds is 6. The lowest BCUT2D eigenvalue weighted by Gasteiger charge is -2.06. The van der Waals surface area contributed by atoms with Gasteiger partial charge in [0.1, 0.15) is 11.6 Å². The molecule has 26 heavy (non-hydrogen) atoms. The van der Waals surface area contributed by atoms with Crippen molar-refractivity contribution in [2.75, 3.05) is 19.0 Å². The van der Waals surface area contributed by atoms with E-state index in [1.165, 1.54) is 0 Å². The van der Waals surface area contributed by atoms with Gasteiger partial charge in [0.15, 0.2) is 0 Å². The molecule has 136 valence electrons. The minimum Gasteiger partial charge on any atom is -0.497 e. The molecule has 0 aliphatic rings. The molecule has 0 bridgehead atoms. The fraction of sp³-hybridized carbons (Fsp3) is 0.278. The van der Waals surface area contributed by atoms with Gasteiger partial charge in [-0.25, -0.2) is 9.78 Å². The van der Waals surface area contributed by atoms with Crippen molar-refractivity contribution in [3.8, 4) is 17.0 Å². The van der Waals surface area contributed by atoms with Gasteiger partial charge in [-0.1, -0.05) is 0 Å². The Morgan fingerprint density at radius 3 is 2.73 bits per heavy atom. The number of aromatic nitrogens is 3. The molecule has 8 heteroatoms. The number of benzene rings is 1. The zero-order valence-corrected chi connectivity index (χ0v) is 15.8. The minimum atomic E-state index is -0.250. The van der Waals surface area contributed by atoms with Crippen LogP contribution in [0.2, 0.25) is 0 Å². The predicted octanol–water partition coefficient (Wildman–Crippen LogP) is 3.22. The molecule has 2 amide bonds. The summed E-state index contributed by atoms with van der Waals surface area (Å²) in [5, 5.41) is 12.8. The number of thiazole rings is 1. The summed E-state index contributed by atoms with van der Waals surface area (Å²) < 4.78 is 6.80. The summed E-state index contributed by atoms with van der Waals surface area (Å²) in [6, 6.07) is 9.38. The van der Waals surface area contributed by atoms with Crippen molar-refractivity contribution < 1.29 is 9.53 Å². The molecule has 2 aromatic heterocycles. The van der Waals surface area contributed by atoms with Crippen LogP contribution in [0.3, 0.4) is 0 Å². The number of methoxy groups -OCH3 is 1. The molecule has 0 spiro atoms. The molecule has 0 radical (unpaired) electrons. The highest BCUT2D eigenvalue weighted by molar-refractivity contribution is 7.09. The molecule has 1 aromatic carbocycles. The Morgan fingerprint density at radius 1 is 1.31 bits per heavy atom. The first-order valence-corrected chi connectivity index (χ1v) is 9.07. The minimum absolute atomic E-state index is 0.250. The van der Waals surface area contributed by atoms with E-state index in [0.29, 0.717) is 18.8 Å². The van der Waals surface area contributed by atoms with E-state index in [1.54, 1.807) is 30.2 Å². The van der Waals surface area contributed by atoms with Crippen LogP contribution in [0.4, 0.5) is 10.6 Å². The lowest BCUT2D eigenvalue weighted by molar-refractivity contribution is 0.252. The Balaban J connectivity index is 1.50. The van der Waals surface area contributed by atoms with Crippen LogP contribution >= 0.6 is 11.3 Å². The van der Waals surface area contributed by atoms with E-state index in [1.807, 2.05) is 42.6 Å². The topological polar surface area (TPSA) is 81.1 Å². The van der Waals surface area contributed by atoms with Crippen LogP contribution in [0.25, 0.3) is 11.3 Å². The fourth-order valence-electron chi connectivity index (χ4n) is 2.49. The number of nitrogens with one attached hydrogen (secondary N) is 2. The summed E-state index contributed by atoms with van der Waals surface area (Å²) in [7, 11) is 3.44. The van der Waals surface area contributed by atoms with Gasteiger partial charge in [0, 0.05) is 37.0 Å². The molecule has 0 aliphatic heterocycles. The number of nitrogens with zero attached hydrogens (tertiary/aromatic N) is 3. The van der Waals surface area contributed by atoms with Crippen LogP contribution in [0, 0.1) is 6.92 Å². The van der Waals surface area contributed by atoms with Gasteiger partial charge in [0.2, 0.25) is 0 Å². The molecule has 7 nitrogen and oxygen atoms in total. The van der Waals surface area contributed by atoms with Crippen molar-refractivity contribution in [2.45, 2.75) is 13.3 Å². The van der Waals surface area contributed by atoms with Gasteiger partial charge in [-0.3, -0.25) is 10.00 Å². The van der Waals surface area contributed by atoms with E-state index in [0.717, 1.165) is 27.7 Å². The molecule has 0 unspecified atom stereocenters. The van der Waals surface area contributed by atoms with Crippen LogP contribution in [-0.4, -0.2) is 34.5 Å². The first kappa shape index (κ1) is 17.9. The average molecular weight is 371 g/mol. The van der Waals surface area contributed by atoms with Crippen molar-refractivity contribution in [1.82, 2.24) is 20.1 Å². The van der Waals surface area contributed by atoms with Gasteiger partial charge in [-0.2, -0.15) is 5.10 Å². The van der Waals surface area contributed by atoms with E-state index < -0.39 is 0 Å². The fourth-order valence-corrected chi connectivity index (χ4v) is 3.30. The number of urea groups is 1. The summed E-state index contributed by atoms with van der Waals surface area (Å²) in [5.74, 6) is 1.49. The predicted molar refractivity (Wildman–Crippen MR) is 103 cm³/mol. The molecule has 2 heterocycles. The van der Waals surface area contributed by atoms with Crippen molar-refractivity contribution in [3.63, 3.8) is 0 Å². The maximum Gasteiger partial charge on any atom is 0.320 e. The Morgan fingerprint density at radius 2 is 2.08 bits per heavy atom. The summed E-state index contributed by atoms with van der Waals surface area (Å²) in [4.78, 5) is 16.6. The Kier molecular flexibility index (Phi) is 5.52. The Bertz CT molecular complexity index is 885. The molecule has 3 rings (SSSR count). The zero-order chi connectivity index (χ0) is 18.5. The number of anilines is 1. The number of carbonyl (C=O) groups is 1. The highest BCUT2D eigenvalue weighted by Crippen LogP contribution is 2.24. The maximum absolute atomic E-state index is 12.0. The highest BCUT2D eigenvalue weighted by atomic mass is 32.1. The maximum atomic E-state index is 12.0.